The van der Waals surface area contributed by atoms with Crippen LogP contribution in [0.25, 0.3) is 0 Å². The lowest BCUT2D eigenvalue weighted by atomic mass is 10.2. The molecule has 124 valence electrons. The Morgan fingerprint density at radius 2 is 1.96 bits per heavy atom. The standard InChI is InChI=1S/C15H17NO4S3/c1-11-3-5-12(6-4-11)21-10-8-16-23(18,19)13-7-9-22-14(13)15(17)20-2/h3-7,9,16H,8,10H2,1-2H3. The van der Waals surface area contributed by atoms with Crippen molar-refractivity contribution in [1.82, 2.24) is 4.72 Å². The van der Waals surface area contributed by atoms with E-state index in [1.54, 1.807) is 17.1 Å². The largest absolute Gasteiger partial charge is 0.465 e. The van der Waals surface area contributed by atoms with Crippen LogP contribution < -0.4 is 4.72 Å². The number of hydrogen-bond donors (Lipinski definition) is 1. The molecule has 0 saturated carbocycles. The Kier molecular flexibility index (Phi) is 6.23. The molecule has 0 spiro atoms. The highest BCUT2D eigenvalue weighted by molar-refractivity contribution is 7.99. The van der Waals surface area contributed by atoms with Crippen LogP contribution in [0.15, 0.2) is 45.5 Å². The Labute approximate surface area is 144 Å². The Morgan fingerprint density at radius 1 is 1.26 bits per heavy atom. The smallest absolute Gasteiger partial charge is 0.349 e. The van der Waals surface area contributed by atoms with E-state index in [1.807, 2.05) is 31.2 Å². The van der Waals surface area contributed by atoms with Gasteiger partial charge in [-0.25, -0.2) is 17.9 Å². The van der Waals surface area contributed by atoms with Crippen molar-refractivity contribution in [1.29, 1.82) is 0 Å². The molecular formula is C15H17NO4S3. The number of thioether (sulfide) groups is 1. The van der Waals surface area contributed by atoms with Crippen LogP contribution in [0.2, 0.25) is 0 Å². The monoisotopic (exact) mass is 371 g/mol. The van der Waals surface area contributed by atoms with Crippen LogP contribution in [0.5, 0.6) is 0 Å². The quantitative estimate of drug-likeness (QED) is 0.460. The molecule has 0 aliphatic carbocycles. The summed E-state index contributed by atoms with van der Waals surface area (Å²) in [4.78, 5) is 12.7. The van der Waals surface area contributed by atoms with Crippen molar-refractivity contribution in [3.05, 3.63) is 46.2 Å². The Morgan fingerprint density at radius 3 is 2.61 bits per heavy atom. The lowest BCUT2D eigenvalue weighted by Gasteiger charge is -2.07. The van der Waals surface area contributed by atoms with Gasteiger partial charge in [-0.2, -0.15) is 0 Å². The second-order valence-electron chi connectivity index (χ2n) is 4.66. The van der Waals surface area contributed by atoms with Crippen LogP contribution in [0.1, 0.15) is 15.2 Å². The van der Waals surface area contributed by atoms with Crippen LogP contribution in [-0.4, -0.2) is 33.8 Å². The molecule has 1 aromatic heterocycles. The predicted molar refractivity (Wildman–Crippen MR) is 92.8 cm³/mol. The number of hydrogen-bond acceptors (Lipinski definition) is 6. The summed E-state index contributed by atoms with van der Waals surface area (Å²) in [7, 11) is -2.49. The topological polar surface area (TPSA) is 72.5 Å². The first-order valence-corrected chi connectivity index (χ1v) is 10.1. The van der Waals surface area contributed by atoms with Crippen molar-refractivity contribution < 1.29 is 17.9 Å². The van der Waals surface area contributed by atoms with Gasteiger partial charge in [-0.05, 0) is 30.5 Å². The third kappa shape index (κ3) is 4.81. The molecule has 0 saturated heterocycles. The summed E-state index contributed by atoms with van der Waals surface area (Å²) in [5, 5.41) is 1.56. The minimum atomic E-state index is -3.72. The van der Waals surface area contributed by atoms with Crippen molar-refractivity contribution >= 4 is 39.1 Å². The summed E-state index contributed by atoms with van der Waals surface area (Å²) >= 11 is 2.61. The average molecular weight is 372 g/mol. The molecule has 1 N–H and O–H groups in total. The second kappa shape index (κ2) is 7.96. The van der Waals surface area contributed by atoms with Crippen molar-refractivity contribution in [2.24, 2.45) is 0 Å². The minimum Gasteiger partial charge on any atom is -0.465 e. The molecule has 1 heterocycles. The summed E-state index contributed by atoms with van der Waals surface area (Å²) in [5.41, 5.74) is 1.18. The molecule has 8 heteroatoms. The Hall–Kier alpha value is -1.35. The number of carbonyl (C=O) groups excluding carboxylic acids is 1. The third-order valence-corrected chi connectivity index (χ3v) is 6.51. The van der Waals surface area contributed by atoms with E-state index in [9.17, 15) is 13.2 Å². The number of ether oxygens (including phenoxy) is 1. The van der Waals surface area contributed by atoms with E-state index in [0.717, 1.165) is 16.2 Å². The highest BCUT2D eigenvalue weighted by Gasteiger charge is 2.24. The number of rotatable bonds is 7. The molecular weight excluding hydrogens is 354 g/mol. The Balaban J connectivity index is 1.93. The lowest BCUT2D eigenvalue weighted by molar-refractivity contribution is 0.0602. The highest BCUT2D eigenvalue weighted by Crippen LogP contribution is 2.23. The molecule has 0 amide bonds. The Bertz CT molecular complexity index is 766. The lowest BCUT2D eigenvalue weighted by Crippen LogP contribution is -2.27. The zero-order valence-electron chi connectivity index (χ0n) is 12.7. The first-order chi connectivity index (χ1) is 10.9. The second-order valence-corrected chi connectivity index (χ2v) is 8.48. The number of esters is 1. The van der Waals surface area contributed by atoms with Crippen molar-refractivity contribution in [3.63, 3.8) is 0 Å². The molecule has 0 bridgehead atoms. The zero-order valence-corrected chi connectivity index (χ0v) is 15.2. The SMILES string of the molecule is COC(=O)c1sccc1S(=O)(=O)NCCSc1ccc(C)cc1. The summed E-state index contributed by atoms with van der Waals surface area (Å²) in [6, 6.07) is 9.44. The van der Waals surface area contributed by atoms with E-state index in [0.29, 0.717) is 5.75 Å². The average Bonchev–Trinajstić information content (AvgIpc) is 3.03. The summed E-state index contributed by atoms with van der Waals surface area (Å²) in [5.74, 6) is -0.0469. The van der Waals surface area contributed by atoms with E-state index in [4.69, 9.17) is 0 Å². The molecule has 1 aromatic carbocycles. The van der Waals surface area contributed by atoms with Gasteiger partial charge in [-0.15, -0.1) is 23.1 Å². The van der Waals surface area contributed by atoms with Crippen molar-refractivity contribution in [2.45, 2.75) is 16.7 Å². The first-order valence-electron chi connectivity index (χ1n) is 6.79. The molecule has 0 unspecified atom stereocenters. The van der Waals surface area contributed by atoms with Gasteiger partial charge in [-0.1, -0.05) is 17.7 Å². The van der Waals surface area contributed by atoms with Gasteiger partial charge < -0.3 is 4.74 Å². The van der Waals surface area contributed by atoms with E-state index in [-0.39, 0.29) is 16.3 Å². The number of methoxy groups -OCH3 is 1. The van der Waals surface area contributed by atoms with E-state index in [2.05, 4.69) is 9.46 Å². The van der Waals surface area contributed by atoms with Gasteiger partial charge in [0.05, 0.1) is 7.11 Å². The molecule has 0 aliphatic rings. The third-order valence-electron chi connectivity index (χ3n) is 2.97. The number of sulfonamides is 1. The predicted octanol–water partition coefficient (Wildman–Crippen LogP) is 2.91. The van der Waals surface area contributed by atoms with Crippen LogP contribution in [0.4, 0.5) is 0 Å². The van der Waals surface area contributed by atoms with Crippen LogP contribution in [0.3, 0.4) is 0 Å². The molecule has 0 fully saturated rings. The maximum Gasteiger partial charge on any atom is 0.349 e. The fourth-order valence-electron chi connectivity index (χ4n) is 1.81. The number of thiophene rings is 1. The van der Waals surface area contributed by atoms with Gasteiger partial charge in [0, 0.05) is 17.2 Å². The molecule has 5 nitrogen and oxygen atoms in total. The van der Waals surface area contributed by atoms with Gasteiger partial charge in [-0.3, -0.25) is 0 Å². The summed E-state index contributed by atoms with van der Waals surface area (Å²) in [6.07, 6.45) is 0. The molecule has 0 atom stereocenters. The number of benzene rings is 1. The maximum atomic E-state index is 12.3. The molecule has 2 aromatic rings. The first kappa shape index (κ1) is 18.0. The van der Waals surface area contributed by atoms with E-state index in [1.165, 1.54) is 18.7 Å². The highest BCUT2D eigenvalue weighted by atomic mass is 32.2. The maximum absolute atomic E-state index is 12.3. The minimum absolute atomic E-state index is 0.0327. The van der Waals surface area contributed by atoms with Gasteiger partial charge >= 0.3 is 5.97 Å². The van der Waals surface area contributed by atoms with Gasteiger partial charge in [0.15, 0.2) is 0 Å². The number of aryl methyl sites for hydroxylation is 1. The molecule has 0 aliphatic heterocycles. The molecule has 0 radical (unpaired) electrons. The van der Waals surface area contributed by atoms with Crippen molar-refractivity contribution in [3.8, 4) is 0 Å². The van der Waals surface area contributed by atoms with Gasteiger partial charge in [0.25, 0.3) is 0 Å². The molecule has 2 rings (SSSR count). The normalized spacial score (nSPS) is 11.4. The van der Waals surface area contributed by atoms with Crippen LogP contribution in [-0.2, 0) is 14.8 Å². The van der Waals surface area contributed by atoms with E-state index < -0.39 is 16.0 Å². The van der Waals surface area contributed by atoms with Gasteiger partial charge in [0.1, 0.15) is 9.77 Å². The van der Waals surface area contributed by atoms with Crippen molar-refractivity contribution in [2.75, 3.05) is 19.4 Å². The fourth-order valence-corrected chi connectivity index (χ4v) is 5.07. The number of nitrogens with one attached hydrogen (secondary N) is 1. The number of carbonyl (C=O) groups is 1. The van der Waals surface area contributed by atoms with E-state index >= 15 is 0 Å². The van der Waals surface area contributed by atoms with Crippen LogP contribution in [0, 0.1) is 6.92 Å². The summed E-state index contributed by atoms with van der Waals surface area (Å²) < 4.78 is 31.6. The molecule has 23 heavy (non-hydrogen) atoms. The summed E-state index contributed by atoms with van der Waals surface area (Å²) in [6.45, 7) is 2.29. The van der Waals surface area contributed by atoms with Crippen LogP contribution >= 0.6 is 23.1 Å². The fraction of sp³-hybridized carbons (Fsp3) is 0.267. The van der Waals surface area contributed by atoms with Gasteiger partial charge in [0.2, 0.25) is 10.0 Å². The zero-order chi connectivity index (χ0) is 16.9.